The molecule has 22 heavy (non-hydrogen) atoms. The first kappa shape index (κ1) is 14.7. The molecular formula is C14H17FN4O3. The molecular weight excluding hydrogens is 291 g/mol. The number of rotatable bonds is 4. The van der Waals surface area contributed by atoms with E-state index in [1.165, 1.54) is 13.1 Å². The van der Waals surface area contributed by atoms with Crippen molar-refractivity contribution in [1.29, 1.82) is 0 Å². The number of aliphatic hydroxyl groups excluding tert-OH is 1. The van der Waals surface area contributed by atoms with Crippen LogP contribution >= 0.6 is 0 Å². The predicted octanol–water partition coefficient (Wildman–Crippen LogP) is 0.570. The molecule has 7 nitrogen and oxygen atoms in total. The van der Waals surface area contributed by atoms with Crippen LogP contribution < -0.4 is 10.4 Å². The molecule has 1 heterocycles. The van der Waals surface area contributed by atoms with E-state index in [1.807, 2.05) is 6.92 Å². The normalized spacial score (nSPS) is 20.7. The van der Waals surface area contributed by atoms with Crippen molar-refractivity contribution in [3.63, 3.8) is 0 Å². The molecule has 1 aliphatic carbocycles. The molecule has 1 aromatic heterocycles. The van der Waals surface area contributed by atoms with Crippen LogP contribution in [0.4, 0.5) is 4.39 Å². The minimum Gasteiger partial charge on any atom is -0.488 e. The van der Waals surface area contributed by atoms with Gasteiger partial charge in [-0.15, -0.1) is 0 Å². The van der Waals surface area contributed by atoms with E-state index in [1.54, 1.807) is 6.07 Å². The Kier molecular flexibility index (Phi) is 3.69. The van der Waals surface area contributed by atoms with Crippen molar-refractivity contribution in [3.05, 3.63) is 34.0 Å². The second-order valence-electron chi connectivity index (χ2n) is 5.43. The summed E-state index contributed by atoms with van der Waals surface area (Å²) in [6, 6.07) is 2.82. The number of aromatic nitrogens is 4. The van der Waals surface area contributed by atoms with Crippen molar-refractivity contribution in [3.8, 4) is 11.4 Å². The van der Waals surface area contributed by atoms with Crippen molar-refractivity contribution in [1.82, 2.24) is 19.8 Å². The first-order valence-corrected chi connectivity index (χ1v) is 7.16. The number of ether oxygens (including phenoxy) is 1. The van der Waals surface area contributed by atoms with Crippen LogP contribution in [0.25, 0.3) is 5.69 Å². The van der Waals surface area contributed by atoms with E-state index >= 15 is 0 Å². The average Bonchev–Trinajstić information content (AvgIpc) is 2.78. The minimum absolute atomic E-state index is 0.187. The summed E-state index contributed by atoms with van der Waals surface area (Å²) in [4.78, 5) is 12.0. The average molecular weight is 308 g/mol. The molecule has 1 saturated carbocycles. The van der Waals surface area contributed by atoms with Crippen LogP contribution in [0, 0.1) is 5.82 Å². The van der Waals surface area contributed by atoms with Crippen LogP contribution in [0.15, 0.2) is 16.9 Å². The molecule has 1 aromatic carbocycles. The van der Waals surface area contributed by atoms with Gasteiger partial charge < -0.3 is 9.84 Å². The van der Waals surface area contributed by atoms with Crippen LogP contribution in [0.1, 0.15) is 25.3 Å². The standard InChI is InChI=1S/C14H17FN4O3/c1-3-8-4-12(19-14(21)18(2)16-17-19)13(7-11(8)15)22-10-5-9(20)6-10/h4,7,9-10,20H,3,5-6H2,1-2H3. The van der Waals surface area contributed by atoms with E-state index in [4.69, 9.17) is 4.74 Å². The number of nitrogens with zero attached hydrogens (tertiary/aromatic N) is 4. The highest BCUT2D eigenvalue weighted by atomic mass is 19.1. The van der Waals surface area contributed by atoms with Gasteiger partial charge in [0.15, 0.2) is 0 Å². The third-order valence-corrected chi connectivity index (χ3v) is 3.82. The number of aliphatic hydroxyl groups is 1. The zero-order valence-electron chi connectivity index (χ0n) is 12.4. The van der Waals surface area contributed by atoms with Gasteiger partial charge >= 0.3 is 5.69 Å². The number of hydrogen-bond donors (Lipinski definition) is 1. The third kappa shape index (κ3) is 2.50. The van der Waals surface area contributed by atoms with Crippen LogP contribution in [0.3, 0.4) is 0 Å². The molecule has 0 aliphatic heterocycles. The Morgan fingerprint density at radius 2 is 2.14 bits per heavy atom. The molecule has 2 aromatic rings. The Hall–Kier alpha value is -2.22. The molecule has 3 rings (SSSR count). The maximum absolute atomic E-state index is 14.0. The van der Waals surface area contributed by atoms with Crippen LogP contribution in [0.5, 0.6) is 5.75 Å². The highest BCUT2D eigenvalue weighted by Gasteiger charge is 2.30. The Morgan fingerprint density at radius 1 is 1.41 bits per heavy atom. The summed E-state index contributed by atoms with van der Waals surface area (Å²) in [5, 5.41) is 16.8. The highest BCUT2D eigenvalue weighted by Crippen LogP contribution is 2.31. The monoisotopic (exact) mass is 308 g/mol. The van der Waals surface area contributed by atoms with E-state index < -0.39 is 11.5 Å². The van der Waals surface area contributed by atoms with Crippen LogP contribution in [-0.2, 0) is 13.5 Å². The quantitative estimate of drug-likeness (QED) is 0.893. The van der Waals surface area contributed by atoms with Gasteiger partial charge in [0, 0.05) is 26.0 Å². The van der Waals surface area contributed by atoms with Gasteiger partial charge in [0.25, 0.3) is 0 Å². The first-order chi connectivity index (χ1) is 10.5. The molecule has 1 N–H and O–H groups in total. The lowest BCUT2D eigenvalue weighted by atomic mass is 9.92. The number of hydrogen-bond acceptors (Lipinski definition) is 5. The van der Waals surface area contributed by atoms with Gasteiger partial charge in [-0.1, -0.05) is 6.92 Å². The maximum Gasteiger partial charge on any atom is 0.368 e. The van der Waals surface area contributed by atoms with Gasteiger partial charge in [0.1, 0.15) is 23.4 Å². The zero-order valence-corrected chi connectivity index (χ0v) is 12.4. The van der Waals surface area contributed by atoms with Gasteiger partial charge in [-0.2, -0.15) is 9.36 Å². The number of benzene rings is 1. The SMILES string of the molecule is CCc1cc(-n2nnn(C)c2=O)c(OC2CC(O)C2)cc1F. The summed E-state index contributed by atoms with van der Waals surface area (Å²) in [5.41, 5.74) is 0.387. The molecule has 1 fully saturated rings. The Labute approximate surface area is 125 Å². The molecule has 0 bridgehead atoms. The number of tetrazole rings is 1. The van der Waals surface area contributed by atoms with Crippen molar-refractivity contribution in [2.75, 3.05) is 0 Å². The summed E-state index contributed by atoms with van der Waals surface area (Å²) in [6.07, 6.45) is 0.897. The van der Waals surface area contributed by atoms with Crippen LogP contribution in [0.2, 0.25) is 0 Å². The second-order valence-corrected chi connectivity index (χ2v) is 5.43. The van der Waals surface area contributed by atoms with E-state index in [2.05, 4.69) is 10.4 Å². The zero-order chi connectivity index (χ0) is 15.9. The van der Waals surface area contributed by atoms with E-state index in [9.17, 15) is 14.3 Å². The molecule has 1 aliphatic rings. The van der Waals surface area contributed by atoms with Gasteiger partial charge in [0.2, 0.25) is 0 Å². The van der Waals surface area contributed by atoms with Crippen molar-refractivity contribution < 1.29 is 14.2 Å². The summed E-state index contributed by atoms with van der Waals surface area (Å²) in [7, 11) is 1.49. The lowest BCUT2D eigenvalue weighted by molar-refractivity contribution is -0.0109. The molecule has 0 amide bonds. The van der Waals surface area contributed by atoms with E-state index in [-0.39, 0.29) is 18.0 Å². The molecule has 0 unspecified atom stereocenters. The smallest absolute Gasteiger partial charge is 0.368 e. The Balaban J connectivity index is 2.05. The summed E-state index contributed by atoms with van der Waals surface area (Å²) in [6.45, 7) is 1.82. The molecule has 0 atom stereocenters. The minimum atomic E-state index is -0.438. The third-order valence-electron chi connectivity index (χ3n) is 3.82. The fraction of sp³-hybridized carbons (Fsp3) is 0.500. The van der Waals surface area contributed by atoms with Gasteiger partial charge in [0.05, 0.1) is 6.10 Å². The summed E-state index contributed by atoms with van der Waals surface area (Å²) in [5.74, 6) is -0.160. The van der Waals surface area contributed by atoms with Gasteiger partial charge in [-0.05, 0) is 28.5 Å². The van der Waals surface area contributed by atoms with E-state index in [0.29, 0.717) is 30.5 Å². The number of halogens is 1. The summed E-state index contributed by atoms with van der Waals surface area (Å²) >= 11 is 0. The topological polar surface area (TPSA) is 82.2 Å². The molecule has 0 spiro atoms. The Morgan fingerprint density at radius 3 is 2.68 bits per heavy atom. The van der Waals surface area contributed by atoms with E-state index in [0.717, 1.165) is 9.36 Å². The maximum atomic E-state index is 14.0. The Bertz CT molecular complexity index is 749. The molecule has 0 radical (unpaired) electrons. The fourth-order valence-corrected chi connectivity index (χ4v) is 2.40. The molecule has 0 saturated heterocycles. The van der Waals surface area contributed by atoms with Crippen molar-refractivity contribution in [2.24, 2.45) is 7.05 Å². The summed E-state index contributed by atoms with van der Waals surface area (Å²) < 4.78 is 21.9. The predicted molar refractivity (Wildman–Crippen MR) is 75.6 cm³/mol. The highest BCUT2D eigenvalue weighted by molar-refractivity contribution is 5.49. The van der Waals surface area contributed by atoms with Crippen LogP contribution in [-0.4, -0.2) is 37.1 Å². The largest absolute Gasteiger partial charge is 0.488 e. The first-order valence-electron chi connectivity index (χ1n) is 7.16. The lowest BCUT2D eigenvalue weighted by Gasteiger charge is -2.32. The second kappa shape index (κ2) is 5.53. The number of aryl methyl sites for hydroxylation is 2. The fourth-order valence-electron chi connectivity index (χ4n) is 2.40. The van der Waals surface area contributed by atoms with Gasteiger partial charge in [-0.25, -0.2) is 9.18 Å². The van der Waals surface area contributed by atoms with Crippen molar-refractivity contribution in [2.45, 2.75) is 38.4 Å². The molecule has 118 valence electrons. The van der Waals surface area contributed by atoms with Gasteiger partial charge in [-0.3, -0.25) is 0 Å². The molecule has 8 heteroatoms. The lowest BCUT2D eigenvalue weighted by Crippen LogP contribution is -2.37. The van der Waals surface area contributed by atoms with Crippen molar-refractivity contribution >= 4 is 0 Å².